The molecule has 1 fully saturated rings. The second-order valence-corrected chi connectivity index (χ2v) is 7.97. The number of sulfonamides is 1. The van der Waals surface area contributed by atoms with Crippen LogP contribution in [0.15, 0.2) is 11.0 Å². The molecular formula is C16H27N2O2S+. The zero-order valence-electron chi connectivity index (χ0n) is 13.8. The number of hydrogen-bond acceptors (Lipinski definition) is 2. The van der Waals surface area contributed by atoms with Crippen LogP contribution in [0.4, 0.5) is 0 Å². The quantitative estimate of drug-likeness (QED) is 0.898. The van der Waals surface area contributed by atoms with Crippen molar-refractivity contribution in [3.63, 3.8) is 0 Å². The second-order valence-electron chi connectivity index (χ2n) is 6.10. The lowest BCUT2D eigenvalue weighted by atomic mass is 10.0. The highest BCUT2D eigenvalue weighted by atomic mass is 32.2. The molecule has 5 heteroatoms. The van der Waals surface area contributed by atoms with Crippen LogP contribution in [0.25, 0.3) is 0 Å². The fraction of sp³-hybridized carbons (Fsp3) is 0.625. The third-order valence-corrected chi connectivity index (χ3v) is 7.00. The second kappa shape index (κ2) is 6.07. The van der Waals surface area contributed by atoms with Crippen molar-refractivity contribution in [3.8, 4) is 0 Å². The molecule has 0 aliphatic carbocycles. The van der Waals surface area contributed by atoms with Crippen molar-refractivity contribution in [2.45, 2.75) is 39.5 Å². The molecule has 4 nitrogen and oxygen atoms in total. The van der Waals surface area contributed by atoms with Gasteiger partial charge in [-0.05, 0) is 56.9 Å². The van der Waals surface area contributed by atoms with Crippen LogP contribution < -0.4 is 4.90 Å². The van der Waals surface area contributed by atoms with Crippen molar-refractivity contribution in [3.05, 3.63) is 28.3 Å². The minimum absolute atomic E-state index is 0.528. The Kier molecular flexibility index (Phi) is 4.76. The predicted octanol–water partition coefficient (Wildman–Crippen LogP) is 0.829. The summed E-state index contributed by atoms with van der Waals surface area (Å²) in [6.45, 7) is 14.1. The first-order valence-electron chi connectivity index (χ1n) is 7.70. The first-order chi connectivity index (χ1) is 9.78. The largest absolute Gasteiger partial charge is 0.333 e. The maximum Gasteiger partial charge on any atom is 0.244 e. The fourth-order valence-electron chi connectivity index (χ4n) is 3.09. The summed E-state index contributed by atoms with van der Waals surface area (Å²) in [5.41, 5.74) is 3.88. The predicted molar refractivity (Wildman–Crippen MR) is 85.4 cm³/mol. The van der Waals surface area contributed by atoms with E-state index in [9.17, 15) is 8.42 Å². The van der Waals surface area contributed by atoms with E-state index in [0.29, 0.717) is 18.0 Å². The minimum atomic E-state index is -3.38. The van der Waals surface area contributed by atoms with E-state index in [1.54, 1.807) is 4.31 Å². The number of quaternary nitrogens is 1. The number of aryl methyl sites for hydroxylation is 2. The zero-order chi connectivity index (χ0) is 15.8. The lowest BCUT2D eigenvalue weighted by Gasteiger charge is -2.32. The molecule has 118 valence electrons. The van der Waals surface area contributed by atoms with Crippen molar-refractivity contribution in [1.29, 1.82) is 0 Å². The van der Waals surface area contributed by atoms with Crippen LogP contribution in [0.5, 0.6) is 0 Å². The monoisotopic (exact) mass is 311 g/mol. The number of nitrogens with zero attached hydrogens (tertiary/aromatic N) is 1. The Labute approximate surface area is 128 Å². The molecule has 1 aromatic rings. The number of nitrogens with one attached hydrogen (secondary N) is 1. The van der Waals surface area contributed by atoms with Crippen molar-refractivity contribution >= 4 is 10.0 Å². The summed E-state index contributed by atoms with van der Waals surface area (Å²) in [7, 11) is -3.38. The van der Waals surface area contributed by atoms with E-state index < -0.39 is 10.0 Å². The van der Waals surface area contributed by atoms with E-state index >= 15 is 0 Å². The highest BCUT2D eigenvalue weighted by molar-refractivity contribution is 7.89. The maximum atomic E-state index is 13.0. The fourth-order valence-corrected chi connectivity index (χ4v) is 5.11. The van der Waals surface area contributed by atoms with Gasteiger partial charge in [0.05, 0.1) is 37.6 Å². The van der Waals surface area contributed by atoms with E-state index in [1.165, 1.54) is 4.90 Å². The van der Waals surface area contributed by atoms with E-state index in [4.69, 9.17) is 0 Å². The lowest BCUT2D eigenvalue weighted by Crippen LogP contribution is -3.14. The van der Waals surface area contributed by atoms with Crippen LogP contribution in [0, 0.1) is 27.7 Å². The van der Waals surface area contributed by atoms with E-state index in [0.717, 1.165) is 41.9 Å². The van der Waals surface area contributed by atoms with Gasteiger partial charge in [0.1, 0.15) is 0 Å². The molecule has 0 unspecified atom stereocenters. The summed E-state index contributed by atoms with van der Waals surface area (Å²) in [6, 6.07) is 2.07. The molecule has 1 heterocycles. The van der Waals surface area contributed by atoms with Crippen LogP contribution in [0.1, 0.15) is 29.2 Å². The van der Waals surface area contributed by atoms with Crippen LogP contribution in [-0.4, -0.2) is 45.4 Å². The van der Waals surface area contributed by atoms with Gasteiger partial charge in [-0.1, -0.05) is 6.07 Å². The van der Waals surface area contributed by atoms with Crippen LogP contribution in [0.2, 0.25) is 0 Å². The van der Waals surface area contributed by atoms with Crippen LogP contribution >= 0.6 is 0 Å². The van der Waals surface area contributed by atoms with Gasteiger partial charge in [-0.3, -0.25) is 0 Å². The van der Waals surface area contributed by atoms with Crippen molar-refractivity contribution < 1.29 is 13.3 Å². The van der Waals surface area contributed by atoms with Gasteiger partial charge in [-0.15, -0.1) is 0 Å². The Morgan fingerprint density at radius 2 is 1.52 bits per heavy atom. The molecule has 0 radical (unpaired) electrons. The summed E-state index contributed by atoms with van der Waals surface area (Å²) in [4.78, 5) is 2.01. The molecule has 2 rings (SSSR count). The van der Waals surface area contributed by atoms with Gasteiger partial charge in [0.2, 0.25) is 10.0 Å². The molecule has 1 aliphatic heterocycles. The molecule has 1 saturated heterocycles. The number of hydrogen-bond donors (Lipinski definition) is 1. The smallest absolute Gasteiger partial charge is 0.244 e. The molecule has 21 heavy (non-hydrogen) atoms. The maximum absolute atomic E-state index is 13.0. The summed E-state index contributed by atoms with van der Waals surface area (Å²) >= 11 is 0. The van der Waals surface area contributed by atoms with E-state index in [2.05, 4.69) is 13.0 Å². The Balaban J connectivity index is 2.42. The molecule has 1 aromatic carbocycles. The topological polar surface area (TPSA) is 41.8 Å². The molecule has 0 atom stereocenters. The summed E-state index contributed by atoms with van der Waals surface area (Å²) in [5, 5.41) is 0. The molecule has 0 spiro atoms. The van der Waals surface area contributed by atoms with Gasteiger partial charge < -0.3 is 4.90 Å². The van der Waals surface area contributed by atoms with E-state index in [1.807, 2.05) is 27.7 Å². The van der Waals surface area contributed by atoms with Crippen molar-refractivity contribution in [2.24, 2.45) is 0 Å². The number of likely N-dealkylation sites (N-methyl/N-ethyl adjacent to an activating group) is 1. The van der Waals surface area contributed by atoms with Crippen LogP contribution in [-0.2, 0) is 10.0 Å². The Hall–Kier alpha value is -0.910. The summed E-state index contributed by atoms with van der Waals surface area (Å²) in [6.07, 6.45) is 0. The van der Waals surface area contributed by atoms with Gasteiger partial charge in [0.15, 0.2) is 0 Å². The molecule has 0 aromatic heterocycles. The van der Waals surface area contributed by atoms with Gasteiger partial charge in [-0.25, -0.2) is 8.42 Å². The average Bonchev–Trinajstić information content (AvgIpc) is 2.45. The normalized spacial score (nSPS) is 18.1. The van der Waals surface area contributed by atoms with Gasteiger partial charge in [0, 0.05) is 0 Å². The first-order valence-corrected chi connectivity index (χ1v) is 9.14. The van der Waals surface area contributed by atoms with Crippen LogP contribution in [0.3, 0.4) is 0 Å². The van der Waals surface area contributed by atoms with E-state index in [-0.39, 0.29) is 0 Å². The molecule has 0 bridgehead atoms. The molecule has 1 N–H and O–H groups in total. The standard InChI is InChI=1S/C16H26N2O2S/c1-6-17-7-9-18(10-8-17)21(19,20)16-14(4)12(2)11-13(3)15(16)5/h11H,6-10H2,1-5H3/p+1. The number of piperazine rings is 1. The Bertz CT molecular complexity index is 604. The van der Waals surface area contributed by atoms with Crippen molar-refractivity contribution in [1.82, 2.24) is 4.31 Å². The Morgan fingerprint density at radius 1 is 1.05 bits per heavy atom. The van der Waals surface area contributed by atoms with Gasteiger partial charge in [-0.2, -0.15) is 4.31 Å². The SMILES string of the molecule is CC[NH+]1CCN(S(=O)(=O)c2c(C)c(C)cc(C)c2C)CC1. The number of benzene rings is 1. The summed E-state index contributed by atoms with van der Waals surface area (Å²) in [5.74, 6) is 0. The Morgan fingerprint density at radius 3 is 1.95 bits per heavy atom. The molecule has 1 aliphatic rings. The zero-order valence-corrected chi connectivity index (χ0v) is 14.6. The minimum Gasteiger partial charge on any atom is -0.333 e. The highest BCUT2D eigenvalue weighted by Gasteiger charge is 2.32. The lowest BCUT2D eigenvalue weighted by molar-refractivity contribution is -0.901. The van der Waals surface area contributed by atoms with Gasteiger partial charge >= 0.3 is 0 Å². The van der Waals surface area contributed by atoms with Gasteiger partial charge in [0.25, 0.3) is 0 Å². The third-order valence-electron chi connectivity index (χ3n) is 4.82. The number of rotatable bonds is 3. The summed E-state index contributed by atoms with van der Waals surface area (Å²) < 4.78 is 27.8. The first kappa shape index (κ1) is 16.5. The molecule has 0 amide bonds. The highest BCUT2D eigenvalue weighted by Crippen LogP contribution is 2.28. The average molecular weight is 311 g/mol. The van der Waals surface area contributed by atoms with Crippen molar-refractivity contribution in [2.75, 3.05) is 32.7 Å². The molecule has 0 saturated carbocycles. The third kappa shape index (κ3) is 3.00. The molecular weight excluding hydrogens is 284 g/mol.